The van der Waals surface area contributed by atoms with Crippen LogP contribution in [0.15, 0.2) is 18.2 Å². The number of halogens is 1. The Balaban J connectivity index is 2.02. The fourth-order valence-corrected chi connectivity index (χ4v) is 2.90. The van der Waals surface area contributed by atoms with E-state index in [0.29, 0.717) is 28.6 Å². The number of hydrogen-bond donors (Lipinski definition) is 2. The van der Waals surface area contributed by atoms with Crippen LogP contribution in [0, 0.1) is 17.8 Å². The molecule has 0 radical (unpaired) electrons. The lowest BCUT2D eigenvalue weighted by atomic mass is 9.87. The van der Waals surface area contributed by atoms with Gasteiger partial charge in [-0.3, -0.25) is 4.79 Å². The summed E-state index contributed by atoms with van der Waals surface area (Å²) in [5.74, 6) is 6.32. The predicted molar refractivity (Wildman–Crippen MR) is 87.2 cm³/mol. The molecule has 1 aliphatic rings. The molecule has 2 rings (SSSR count). The zero-order valence-electron chi connectivity index (χ0n) is 12.1. The Bertz CT molecular complexity index is 554. The van der Waals surface area contributed by atoms with Crippen molar-refractivity contribution in [3.8, 4) is 11.8 Å². The first-order valence-corrected chi connectivity index (χ1v) is 7.85. The molecule has 0 unspecified atom stereocenters. The lowest BCUT2D eigenvalue weighted by molar-refractivity contribution is -0.117. The Hall–Kier alpha value is -1.50. The van der Waals surface area contributed by atoms with Crippen molar-refractivity contribution in [1.82, 2.24) is 0 Å². The van der Waals surface area contributed by atoms with Gasteiger partial charge in [0, 0.05) is 17.0 Å². The molecule has 1 aliphatic carbocycles. The molecule has 1 saturated carbocycles. The van der Waals surface area contributed by atoms with Crippen LogP contribution in [0.3, 0.4) is 0 Å². The van der Waals surface area contributed by atoms with Crippen LogP contribution in [0.25, 0.3) is 0 Å². The molecule has 21 heavy (non-hydrogen) atoms. The van der Waals surface area contributed by atoms with Gasteiger partial charge < -0.3 is 11.1 Å². The Morgan fingerprint density at radius 2 is 2.10 bits per heavy atom. The highest BCUT2D eigenvalue weighted by molar-refractivity contribution is 6.30. The Morgan fingerprint density at radius 1 is 1.33 bits per heavy atom. The maximum Gasteiger partial charge on any atom is 0.224 e. The zero-order valence-corrected chi connectivity index (χ0v) is 12.9. The average molecular weight is 305 g/mol. The lowest BCUT2D eigenvalue weighted by Crippen LogP contribution is -2.18. The van der Waals surface area contributed by atoms with Crippen LogP contribution >= 0.6 is 11.6 Å². The smallest absolute Gasteiger partial charge is 0.224 e. The number of hydrogen-bond acceptors (Lipinski definition) is 2. The molecule has 0 heterocycles. The molecule has 3 nitrogen and oxygen atoms in total. The van der Waals surface area contributed by atoms with Crippen molar-refractivity contribution in [2.75, 3.05) is 11.9 Å². The number of nitrogens with two attached hydrogens (primary N) is 1. The van der Waals surface area contributed by atoms with Crippen molar-refractivity contribution >= 4 is 23.2 Å². The molecule has 112 valence electrons. The van der Waals surface area contributed by atoms with Crippen LogP contribution in [0.1, 0.15) is 44.1 Å². The van der Waals surface area contributed by atoms with Crippen LogP contribution in [0.4, 0.5) is 5.69 Å². The minimum Gasteiger partial charge on any atom is -0.325 e. The standard InChI is InChI=1S/C17H21ClN2O/c18-15-8-9-16(14(12-15)7-4-10-19)20-17(21)11-13-5-2-1-3-6-13/h8-9,12-13H,1-3,5-6,10-11,19H2,(H,20,21). The quantitative estimate of drug-likeness (QED) is 0.839. The summed E-state index contributed by atoms with van der Waals surface area (Å²) in [5.41, 5.74) is 6.82. The van der Waals surface area contributed by atoms with Crippen LogP contribution < -0.4 is 11.1 Å². The fourth-order valence-electron chi connectivity index (χ4n) is 2.73. The summed E-state index contributed by atoms with van der Waals surface area (Å²) in [4.78, 5) is 12.2. The number of amides is 1. The minimum atomic E-state index is 0.0556. The van der Waals surface area contributed by atoms with Gasteiger partial charge in [0.05, 0.1) is 12.2 Å². The number of benzene rings is 1. The second-order valence-electron chi connectivity index (χ2n) is 5.45. The third kappa shape index (κ3) is 5.08. The van der Waals surface area contributed by atoms with Crippen LogP contribution in [-0.4, -0.2) is 12.5 Å². The molecule has 0 atom stereocenters. The first-order chi connectivity index (χ1) is 10.2. The largest absolute Gasteiger partial charge is 0.325 e. The maximum atomic E-state index is 12.2. The number of carbonyl (C=O) groups excluding carboxylic acids is 1. The predicted octanol–water partition coefficient (Wildman–Crippen LogP) is 3.56. The molecule has 0 bridgehead atoms. The van der Waals surface area contributed by atoms with Crippen LogP contribution in [-0.2, 0) is 4.79 Å². The summed E-state index contributed by atoms with van der Waals surface area (Å²) < 4.78 is 0. The van der Waals surface area contributed by atoms with E-state index < -0.39 is 0 Å². The van der Waals surface area contributed by atoms with Crippen LogP contribution in [0.2, 0.25) is 5.02 Å². The molecular formula is C17H21ClN2O. The van der Waals surface area contributed by atoms with E-state index in [0.717, 1.165) is 12.8 Å². The van der Waals surface area contributed by atoms with Crippen molar-refractivity contribution in [2.45, 2.75) is 38.5 Å². The molecular weight excluding hydrogens is 284 g/mol. The van der Waals surface area contributed by atoms with Crippen molar-refractivity contribution in [3.63, 3.8) is 0 Å². The third-order valence-corrected chi connectivity index (χ3v) is 4.01. The summed E-state index contributed by atoms with van der Waals surface area (Å²) in [7, 11) is 0. The van der Waals surface area contributed by atoms with Gasteiger partial charge in [-0.25, -0.2) is 0 Å². The van der Waals surface area contributed by atoms with Gasteiger partial charge in [0.25, 0.3) is 0 Å². The van der Waals surface area contributed by atoms with Crippen molar-refractivity contribution in [1.29, 1.82) is 0 Å². The molecule has 0 saturated heterocycles. The number of carbonyl (C=O) groups is 1. The van der Waals surface area contributed by atoms with E-state index in [9.17, 15) is 4.79 Å². The van der Waals surface area contributed by atoms with E-state index in [2.05, 4.69) is 17.2 Å². The highest BCUT2D eigenvalue weighted by Gasteiger charge is 2.17. The normalized spacial score (nSPS) is 15.1. The van der Waals surface area contributed by atoms with Gasteiger partial charge in [-0.05, 0) is 37.0 Å². The van der Waals surface area contributed by atoms with Gasteiger partial charge in [0.1, 0.15) is 0 Å². The van der Waals surface area contributed by atoms with Gasteiger partial charge in [0.2, 0.25) is 5.91 Å². The summed E-state index contributed by atoms with van der Waals surface area (Å²) in [5, 5.41) is 3.55. The lowest BCUT2D eigenvalue weighted by Gasteiger charge is -2.21. The Kier molecular flexibility index (Phi) is 6.10. The topological polar surface area (TPSA) is 55.1 Å². The molecule has 1 aromatic carbocycles. The summed E-state index contributed by atoms with van der Waals surface area (Å²) >= 11 is 5.98. The van der Waals surface area contributed by atoms with Crippen LogP contribution in [0.5, 0.6) is 0 Å². The monoisotopic (exact) mass is 304 g/mol. The summed E-state index contributed by atoms with van der Waals surface area (Å²) in [6, 6.07) is 5.30. The maximum absolute atomic E-state index is 12.2. The van der Waals surface area contributed by atoms with Gasteiger partial charge in [-0.1, -0.05) is 42.7 Å². The summed E-state index contributed by atoms with van der Waals surface area (Å²) in [6.07, 6.45) is 6.69. The van der Waals surface area contributed by atoms with Gasteiger partial charge >= 0.3 is 0 Å². The SMILES string of the molecule is NCC#Cc1cc(Cl)ccc1NC(=O)CC1CCCCC1. The van der Waals surface area contributed by atoms with E-state index in [1.54, 1.807) is 18.2 Å². The highest BCUT2D eigenvalue weighted by atomic mass is 35.5. The average Bonchev–Trinajstić information content (AvgIpc) is 2.48. The fraction of sp³-hybridized carbons (Fsp3) is 0.471. The zero-order chi connectivity index (χ0) is 15.1. The Labute approximate surface area is 131 Å². The summed E-state index contributed by atoms with van der Waals surface area (Å²) in [6.45, 7) is 0.280. The second kappa shape index (κ2) is 8.07. The van der Waals surface area contributed by atoms with E-state index in [-0.39, 0.29) is 12.5 Å². The number of anilines is 1. The Morgan fingerprint density at radius 3 is 2.81 bits per heavy atom. The molecule has 0 aromatic heterocycles. The van der Waals surface area contributed by atoms with Crippen molar-refractivity contribution in [2.24, 2.45) is 11.7 Å². The molecule has 1 fully saturated rings. The third-order valence-electron chi connectivity index (χ3n) is 3.78. The van der Waals surface area contributed by atoms with E-state index in [4.69, 9.17) is 17.3 Å². The molecule has 1 aromatic rings. The van der Waals surface area contributed by atoms with E-state index in [1.165, 1.54) is 19.3 Å². The van der Waals surface area contributed by atoms with Gasteiger partial charge in [-0.2, -0.15) is 0 Å². The van der Waals surface area contributed by atoms with E-state index in [1.807, 2.05) is 0 Å². The molecule has 1 amide bonds. The van der Waals surface area contributed by atoms with Crippen molar-refractivity contribution < 1.29 is 4.79 Å². The minimum absolute atomic E-state index is 0.0556. The van der Waals surface area contributed by atoms with E-state index >= 15 is 0 Å². The van der Waals surface area contributed by atoms with Gasteiger partial charge in [0.15, 0.2) is 0 Å². The number of nitrogens with one attached hydrogen (secondary N) is 1. The van der Waals surface area contributed by atoms with Crippen molar-refractivity contribution in [3.05, 3.63) is 28.8 Å². The highest BCUT2D eigenvalue weighted by Crippen LogP contribution is 2.27. The first-order valence-electron chi connectivity index (χ1n) is 7.47. The first kappa shape index (κ1) is 15.9. The number of rotatable bonds is 3. The molecule has 0 spiro atoms. The second-order valence-corrected chi connectivity index (χ2v) is 5.89. The molecule has 0 aliphatic heterocycles. The van der Waals surface area contributed by atoms with Gasteiger partial charge in [-0.15, -0.1) is 0 Å². The molecule has 4 heteroatoms. The molecule has 3 N–H and O–H groups in total.